The SMILES string of the molecule is c1ccc(-c2nc(-c3cc4c5c(c3)CCCN5CCC4)oc2-c2ccccc2)cc1. The van der Waals surface area contributed by atoms with Crippen molar-refractivity contribution in [2.24, 2.45) is 0 Å². The van der Waals surface area contributed by atoms with Gasteiger partial charge < -0.3 is 9.32 Å². The molecule has 148 valence electrons. The minimum Gasteiger partial charge on any atom is -0.435 e. The van der Waals surface area contributed by atoms with Crippen molar-refractivity contribution in [1.29, 1.82) is 0 Å². The summed E-state index contributed by atoms with van der Waals surface area (Å²) in [6.07, 6.45) is 4.74. The van der Waals surface area contributed by atoms with Gasteiger partial charge in [0.25, 0.3) is 0 Å². The number of benzene rings is 3. The van der Waals surface area contributed by atoms with Crippen LogP contribution in [-0.4, -0.2) is 18.1 Å². The molecule has 30 heavy (non-hydrogen) atoms. The van der Waals surface area contributed by atoms with Gasteiger partial charge in [-0.3, -0.25) is 0 Å². The molecule has 3 aromatic carbocycles. The van der Waals surface area contributed by atoms with E-state index in [1.807, 2.05) is 24.3 Å². The zero-order chi connectivity index (χ0) is 19.9. The van der Waals surface area contributed by atoms with Crippen molar-refractivity contribution in [2.75, 3.05) is 18.0 Å². The summed E-state index contributed by atoms with van der Waals surface area (Å²) in [5.74, 6) is 1.55. The molecular formula is C27H24N2O. The largest absolute Gasteiger partial charge is 0.435 e. The number of hydrogen-bond acceptors (Lipinski definition) is 3. The molecule has 3 nitrogen and oxygen atoms in total. The van der Waals surface area contributed by atoms with Gasteiger partial charge in [-0.15, -0.1) is 0 Å². The lowest BCUT2D eigenvalue weighted by molar-refractivity contribution is 0.587. The highest BCUT2D eigenvalue weighted by molar-refractivity contribution is 5.80. The first-order valence-corrected chi connectivity index (χ1v) is 10.9. The van der Waals surface area contributed by atoms with Crippen LogP contribution in [0, 0.1) is 0 Å². The molecule has 1 aromatic heterocycles. The number of aryl methyl sites for hydroxylation is 2. The molecule has 3 heterocycles. The van der Waals surface area contributed by atoms with Gasteiger partial charge >= 0.3 is 0 Å². The van der Waals surface area contributed by atoms with Gasteiger partial charge in [0.1, 0.15) is 5.69 Å². The maximum absolute atomic E-state index is 6.45. The van der Waals surface area contributed by atoms with Crippen LogP contribution in [-0.2, 0) is 12.8 Å². The molecule has 0 unspecified atom stereocenters. The summed E-state index contributed by atoms with van der Waals surface area (Å²) < 4.78 is 6.45. The number of nitrogens with zero attached hydrogens (tertiary/aromatic N) is 2. The van der Waals surface area contributed by atoms with Gasteiger partial charge in [0.15, 0.2) is 5.76 Å². The molecule has 6 rings (SSSR count). The van der Waals surface area contributed by atoms with Crippen molar-refractivity contribution < 1.29 is 4.42 Å². The molecule has 2 aliphatic heterocycles. The molecule has 0 spiro atoms. The fourth-order valence-electron chi connectivity index (χ4n) is 4.95. The zero-order valence-electron chi connectivity index (χ0n) is 17.0. The smallest absolute Gasteiger partial charge is 0.227 e. The van der Waals surface area contributed by atoms with Crippen molar-refractivity contribution in [2.45, 2.75) is 25.7 Å². The molecule has 0 saturated heterocycles. The molecule has 0 atom stereocenters. The van der Waals surface area contributed by atoms with Gasteiger partial charge in [0.05, 0.1) is 0 Å². The molecule has 0 aliphatic carbocycles. The fraction of sp³-hybridized carbons (Fsp3) is 0.222. The van der Waals surface area contributed by atoms with E-state index in [-0.39, 0.29) is 0 Å². The summed E-state index contributed by atoms with van der Waals surface area (Å²) in [6, 6.07) is 25.3. The second kappa shape index (κ2) is 7.17. The molecule has 0 fully saturated rings. The quantitative estimate of drug-likeness (QED) is 0.405. The van der Waals surface area contributed by atoms with Gasteiger partial charge in [0, 0.05) is 35.5 Å². The highest BCUT2D eigenvalue weighted by Gasteiger charge is 2.26. The predicted octanol–water partition coefficient (Wildman–Crippen LogP) is 6.37. The third-order valence-electron chi connectivity index (χ3n) is 6.29. The lowest BCUT2D eigenvalue weighted by Crippen LogP contribution is -2.34. The molecule has 0 amide bonds. The van der Waals surface area contributed by atoms with Crippen molar-refractivity contribution in [1.82, 2.24) is 4.98 Å². The monoisotopic (exact) mass is 392 g/mol. The highest BCUT2D eigenvalue weighted by atomic mass is 16.4. The predicted molar refractivity (Wildman–Crippen MR) is 122 cm³/mol. The maximum Gasteiger partial charge on any atom is 0.227 e. The van der Waals surface area contributed by atoms with Gasteiger partial charge in [-0.05, 0) is 48.9 Å². The first kappa shape index (κ1) is 17.5. The van der Waals surface area contributed by atoms with Crippen LogP contribution < -0.4 is 4.90 Å². The van der Waals surface area contributed by atoms with Crippen LogP contribution >= 0.6 is 0 Å². The van der Waals surface area contributed by atoms with E-state index in [1.165, 1.54) is 42.7 Å². The molecule has 2 aliphatic rings. The summed E-state index contributed by atoms with van der Waals surface area (Å²) in [7, 11) is 0. The topological polar surface area (TPSA) is 29.3 Å². The van der Waals surface area contributed by atoms with E-state index in [9.17, 15) is 0 Å². The Balaban J connectivity index is 1.52. The van der Waals surface area contributed by atoms with E-state index in [0.717, 1.165) is 46.9 Å². The molecular weight excluding hydrogens is 368 g/mol. The number of anilines is 1. The average Bonchev–Trinajstić information content (AvgIpc) is 3.26. The summed E-state index contributed by atoms with van der Waals surface area (Å²) in [5, 5.41) is 0. The molecule has 0 saturated carbocycles. The summed E-state index contributed by atoms with van der Waals surface area (Å²) in [6.45, 7) is 2.38. The Hall–Kier alpha value is -3.33. The van der Waals surface area contributed by atoms with Crippen LogP contribution in [0.1, 0.15) is 24.0 Å². The molecule has 3 heteroatoms. The first-order chi connectivity index (χ1) is 14.9. The van der Waals surface area contributed by atoms with E-state index in [1.54, 1.807) is 0 Å². The Morgan fingerprint density at radius 2 is 1.30 bits per heavy atom. The van der Waals surface area contributed by atoms with Crippen LogP contribution in [0.25, 0.3) is 34.0 Å². The standard InChI is InChI=1S/C27H24N2O/c1-3-9-19(10-4-1)24-26(20-11-5-2-6-12-20)30-27(28-24)23-17-21-13-7-15-29-16-8-14-22(18-23)25(21)29/h1-6,9-12,17-18H,7-8,13-16H2. The molecule has 4 aromatic rings. The molecule has 0 bridgehead atoms. The third-order valence-corrected chi connectivity index (χ3v) is 6.29. The van der Waals surface area contributed by atoms with Crippen molar-refractivity contribution in [3.05, 3.63) is 83.9 Å². The van der Waals surface area contributed by atoms with Gasteiger partial charge in [-0.25, -0.2) is 4.98 Å². The van der Waals surface area contributed by atoms with E-state index < -0.39 is 0 Å². The average molecular weight is 393 g/mol. The number of aromatic nitrogens is 1. The van der Waals surface area contributed by atoms with Crippen LogP contribution in [0.15, 0.2) is 77.2 Å². The number of hydrogen-bond donors (Lipinski definition) is 0. The Bertz CT molecular complexity index is 1110. The lowest BCUT2D eigenvalue weighted by atomic mass is 9.90. The minimum atomic E-state index is 0.717. The van der Waals surface area contributed by atoms with Gasteiger partial charge in [-0.1, -0.05) is 60.7 Å². The first-order valence-electron chi connectivity index (χ1n) is 10.9. The van der Waals surface area contributed by atoms with E-state index >= 15 is 0 Å². The van der Waals surface area contributed by atoms with Crippen LogP contribution in [0.2, 0.25) is 0 Å². The highest BCUT2D eigenvalue weighted by Crippen LogP contribution is 2.41. The minimum absolute atomic E-state index is 0.717. The Morgan fingerprint density at radius 3 is 1.93 bits per heavy atom. The number of rotatable bonds is 3. The van der Waals surface area contributed by atoms with Crippen molar-refractivity contribution in [3.63, 3.8) is 0 Å². The molecule has 0 N–H and O–H groups in total. The van der Waals surface area contributed by atoms with Gasteiger partial charge in [0.2, 0.25) is 5.89 Å². The van der Waals surface area contributed by atoms with E-state index in [2.05, 4.69) is 53.4 Å². The maximum atomic E-state index is 6.45. The zero-order valence-corrected chi connectivity index (χ0v) is 17.0. The summed E-state index contributed by atoms with van der Waals surface area (Å²) >= 11 is 0. The van der Waals surface area contributed by atoms with E-state index in [0.29, 0.717) is 0 Å². The number of oxazole rings is 1. The second-order valence-corrected chi connectivity index (χ2v) is 8.27. The normalized spacial score (nSPS) is 15.1. The van der Waals surface area contributed by atoms with Crippen molar-refractivity contribution >= 4 is 5.69 Å². The Kier molecular flexibility index (Phi) is 4.19. The van der Waals surface area contributed by atoms with Crippen LogP contribution in [0.5, 0.6) is 0 Å². The fourth-order valence-corrected chi connectivity index (χ4v) is 4.95. The van der Waals surface area contributed by atoms with Gasteiger partial charge in [-0.2, -0.15) is 0 Å². The van der Waals surface area contributed by atoms with Crippen LogP contribution in [0.3, 0.4) is 0 Å². The molecule has 0 radical (unpaired) electrons. The second-order valence-electron chi connectivity index (χ2n) is 8.27. The third kappa shape index (κ3) is 2.93. The van der Waals surface area contributed by atoms with Crippen LogP contribution in [0.4, 0.5) is 5.69 Å². The summed E-state index contributed by atoms with van der Waals surface area (Å²) in [4.78, 5) is 7.58. The van der Waals surface area contributed by atoms with E-state index in [4.69, 9.17) is 9.40 Å². The lowest BCUT2D eigenvalue weighted by Gasteiger charge is -2.37. The Morgan fingerprint density at radius 1 is 0.700 bits per heavy atom. The Labute approximate surface area is 177 Å². The summed E-state index contributed by atoms with van der Waals surface area (Å²) in [5.41, 5.74) is 8.53. The van der Waals surface area contributed by atoms with Crippen molar-refractivity contribution in [3.8, 4) is 34.0 Å².